The second kappa shape index (κ2) is 7.09. The van der Waals surface area contributed by atoms with Gasteiger partial charge in [-0.1, -0.05) is 39.7 Å². The first-order valence-corrected chi connectivity index (χ1v) is 10.7. The third-order valence-electron chi connectivity index (χ3n) is 4.85. The molecular formula is C21H12BrClFN3OS. The largest absolute Gasteiger partial charge is 0.341 e. The van der Waals surface area contributed by atoms with E-state index in [9.17, 15) is 9.18 Å². The summed E-state index contributed by atoms with van der Waals surface area (Å²) in [6.07, 6.45) is 0. The lowest BCUT2D eigenvalue weighted by molar-refractivity contribution is 0.0960. The number of amides is 1. The zero-order chi connectivity index (χ0) is 20.1. The van der Waals surface area contributed by atoms with Gasteiger partial charge in [-0.2, -0.15) is 4.37 Å². The Labute approximate surface area is 183 Å². The summed E-state index contributed by atoms with van der Waals surface area (Å²) in [6, 6.07) is 15.1. The second-order valence-corrected chi connectivity index (χ2v) is 8.77. The van der Waals surface area contributed by atoms with Gasteiger partial charge < -0.3 is 10.6 Å². The molecule has 1 amide bonds. The van der Waals surface area contributed by atoms with Crippen molar-refractivity contribution >= 4 is 66.6 Å². The normalized spacial score (nSPS) is 15.4. The van der Waals surface area contributed by atoms with Gasteiger partial charge in [-0.15, -0.1) is 0 Å². The molecule has 4 aromatic rings. The lowest BCUT2D eigenvalue weighted by atomic mass is 9.96. The maximum atomic E-state index is 13.9. The first-order chi connectivity index (χ1) is 14.0. The van der Waals surface area contributed by atoms with Crippen LogP contribution in [0.3, 0.4) is 0 Å². The van der Waals surface area contributed by atoms with E-state index in [4.69, 9.17) is 11.6 Å². The molecule has 0 spiro atoms. The van der Waals surface area contributed by atoms with Crippen LogP contribution >= 0.6 is 39.1 Å². The quantitative estimate of drug-likeness (QED) is 0.349. The smallest absolute Gasteiger partial charge is 0.252 e. The van der Waals surface area contributed by atoms with Crippen LogP contribution in [0.1, 0.15) is 27.5 Å². The Morgan fingerprint density at radius 1 is 1.17 bits per heavy atom. The van der Waals surface area contributed by atoms with Gasteiger partial charge in [0.2, 0.25) is 0 Å². The third kappa shape index (κ3) is 3.19. The van der Waals surface area contributed by atoms with Gasteiger partial charge in [-0.3, -0.25) is 4.79 Å². The summed E-state index contributed by atoms with van der Waals surface area (Å²) in [6.45, 7) is 0. The first-order valence-electron chi connectivity index (χ1n) is 8.72. The maximum absolute atomic E-state index is 13.9. The van der Waals surface area contributed by atoms with Crippen molar-refractivity contribution in [2.45, 2.75) is 6.04 Å². The van der Waals surface area contributed by atoms with Gasteiger partial charge in [0.15, 0.2) is 5.82 Å². The van der Waals surface area contributed by atoms with Crippen LogP contribution in [-0.2, 0) is 0 Å². The van der Waals surface area contributed by atoms with Crippen LogP contribution in [0.25, 0.3) is 10.1 Å². The van der Waals surface area contributed by atoms with Gasteiger partial charge in [0.05, 0.1) is 10.7 Å². The average Bonchev–Trinajstić information content (AvgIpc) is 3.25. The van der Waals surface area contributed by atoms with E-state index in [1.54, 1.807) is 6.07 Å². The average molecular weight is 489 g/mol. The van der Waals surface area contributed by atoms with Gasteiger partial charge in [-0.25, -0.2) is 4.39 Å². The molecule has 0 aliphatic carbocycles. The van der Waals surface area contributed by atoms with E-state index in [1.165, 1.54) is 29.7 Å². The fourth-order valence-electron chi connectivity index (χ4n) is 3.57. The number of carbonyl (C=O) groups is 1. The van der Waals surface area contributed by atoms with E-state index in [2.05, 4.69) is 30.9 Å². The highest BCUT2D eigenvalue weighted by molar-refractivity contribution is 9.10. The monoisotopic (exact) mass is 487 g/mol. The highest BCUT2D eigenvalue weighted by atomic mass is 79.9. The van der Waals surface area contributed by atoms with E-state index in [1.807, 2.05) is 30.3 Å². The summed E-state index contributed by atoms with van der Waals surface area (Å²) < 4.78 is 20.2. The van der Waals surface area contributed by atoms with Crippen molar-refractivity contribution in [3.05, 3.63) is 86.6 Å². The molecule has 4 nitrogen and oxygen atoms in total. The molecule has 2 N–H and O–H groups in total. The zero-order valence-corrected chi connectivity index (χ0v) is 17.8. The molecular weight excluding hydrogens is 477 g/mol. The number of hydrogen-bond acceptors (Lipinski definition) is 4. The van der Waals surface area contributed by atoms with Crippen molar-refractivity contribution in [3.63, 3.8) is 0 Å². The maximum Gasteiger partial charge on any atom is 0.252 e. The van der Waals surface area contributed by atoms with Gasteiger partial charge >= 0.3 is 0 Å². The minimum Gasteiger partial charge on any atom is -0.341 e. The highest BCUT2D eigenvalue weighted by Gasteiger charge is 2.34. The molecule has 5 rings (SSSR count). The number of carbonyl (C=O) groups excluding carboxylic acids is 1. The van der Waals surface area contributed by atoms with Crippen molar-refractivity contribution in [2.24, 2.45) is 0 Å². The number of nitrogens with zero attached hydrogens (tertiary/aromatic N) is 1. The van der Waals surface area contributed by atoms with Crippen LogP contribution in [-0.4, -0.2) is 10.3 Å². The summed E-state index contributed by atoms with van der Waals surface area (Å²) >= 11 is 11.2. The van der Waals surface area contributed by atoms with Crippen LogP contribution < -0.4 is 10.6 Å². The van der Waals surface area contributed by atoms with Crippen LogP contribution in [0.4, 0.5) is 15.9 Å². The lowest BCUT2D eigenvalue weighted by Gasteiger charge is -2.18. The number of hydrogen-bond donors (Lipinski definition) is 2. The Hall–Kier alpha value is -2.48. The number of aromatic nitrogens is 1. The molecule has 1 atom stereocenters. The molecule has 0 bridgehead atoms. The van der Waals surface area contributed by atoms with E-state index >= 15 is 0 Å². The van der Waals surface area contributed by atoms with Gasteiger partial charge in [0.1, 0.15) is 5.82 Å². The summed E-state index contributed by atoms with van der Waals surface area (Å²) in [7, 11) is 0. The molecule has 0 saturated carbocycles. The molecule has 0 saturated heterocycles. The van der Waals surface area contributed by atoms with Gasteiger partial charge in [0, 0.05) is 37.3 Å². The Bertz CT molecular complexity index is 1290. The fraction of sp³-hybridized carbons (Fsp3) is 0.0476. The molecule has 8 heteroatoms. The number of nitrogens with one attached hydrogen (secondary N) is 2. The number of anilines is 2. The van der Waals surface area contributed by atoms with Crippen molar-refractivity contribution in [3.8, 4) is 0 Å². The van der Waals surface area contributed by atoms with Crippen LogP contribution in [0.5, 0.6) is 0 Å². The Balaban J connectivity index is 1.67. The first kappa shape index (κ1) is 18.5. The Morgan fingerprint density at radius 3 is 2.86 bits per heavy atom. The minimum atomic E-state index is -0.568. The highest BCUT2D eigenvalue weighted by Crippen LogP contribution is 2.42. The van der Waals surface area contributed by atoms with Crippen LogP contribution in [0.15, 0.2) is 59.1 Å². The van der Waals surface area contributed by atoms with Crippen molar-refractivity contribution in [1.82, 2.24) is 9.69 Å². The third-order valence-corrected chi connectivity index (χ3v) is 6.48. The van der Waals surface area contributed by atoms with Crippen molar-refractivity contribution < 1.29 is 9.18 Å². The number of rotatable bonds is 3. The van der Waals surface area contributed by atoms with E-state index in [-0.39, 0.29) is 5.91 Å². The number of fused-ring (bicyclic) bond motifs is 2. The molecule has 1 aliphatic heterocycles. The molecule has 29 heavy (non-hydrogen) atoms. The van der Waals surface area contributed by atoms with E-state index in [0.29, 0.717) is 33.2 Å². The van der Waals surface area contributed by atoms with Gasteiger partial charge in [-0.05, 0) is 54.0 Å². The zero-order valence-electron chi connectivity index (χ0n) is 14.7. The predicted molar refractivity (Wildman–Crippen MR) is 118 cm³/mol. The molecule has 0 radical (unpaired) electrons. The number of halogens is 3. The summed E-state index contributed by atoms with van der Waals surface area (Å²) in [5.41, 5.74) is 2.43. The van der Waals surface area contributed by atoms with Gasteiger partial charge in [0.25, 0.3) is 5.91 Å². The molecule has 1 aromatic heterocycles. The SMILES string of the molecule is O=C1NC(c2cc(F)ccc2Cl)c2c(Nc3nsc4ccccc34)cc(Br)cc21. The molecule has 1 aliphatic rings. The van der Waals surface area contributed by atoms with E-state index < -0.39 is 11.9 Å². The van der Waals surface area contributed by atoms with Crippen molar-refractivity contribution in [2.75, 3.05) is 5.32 Å². The van der Waals surface area contributed by atoms with Crippen LogP contribution in [0.2, 0.25) is 5.02 Å². The topological polar surface area (TPSA) is 54.0 Å². The van der Waals surface area contributed by atoms with Crippen LogP contribution in [0, 0.1) is 5.82 Å². The van der Waals surface area contributed by atoms with E-state index in [0.717, 1.165) is 14.6 Å². The summed E-state index contributed by atoms with van der Waals surface area (Å²) in [5, 5.41) is 7.66. The molecule has 2 heterocycles. The summed E-state index contributed by atoms with van der Waals surface area (Å²) in [4.78, 5) is 12.7. The fourth-order valence-corrected chi connectivity index (χ4v) is 4.99. The minimum absolute atomic E-state index is 0.238. The van der Waals surface area contributed by atoms with Crippen molar-refractivity contribution in [1.29, 1.82) is 0 Å². The second-order valence-electron chi connectivity index (χ2n) is 6.64. The lowest BCUT2D eigenvalue weighted by Crippen LogP contribution is -2.20. The molecule has 1 unspecified atom stereocenters. The molecule has 0 fully saturated rings. The molecule has 144 valence electrons. The Morgan fingerprint density at radius 2 is 2.00 bits per heavy atom. The standard InChI is InChI=1S/C21H12BrClFN3OS/c22-10-7-14-18(19(26-21(14)28)13-9-11(24)5-6-15(13)23)16(8-10)25-20-12-3-1-2-4-17(12)29-27-20/h1-9,19H,(H,25,27)(H,26,28). The Kier molecular flexibility index (Phi) is 4.53. The summed E-state index contributed by atoms with van der Waals surface area (Å²) in [5.74, 6) is 0.0522. The number of benzene rings is 3. The predicted octanol–water partition coefficient (Wildman–Crippen LogP) is 6.43. The molecule has 3 aromatic carbocycles.